The quantitative estimate of drug-likeness (QED) is 0.448. The van der Waals surface area contributed by atoms with Crippen LogP contribution in [0.25, 0.3) is 11.4 Å². The van der Waals surface area contributed by atoms with Crippen LogP contribution in [0.3, 0.4) is 0 Å². The molecule has 2 aliphatic rings. The van der Waals surface area contributed by atoms with Gasteiger partial charge in [0.1, 0.15) is 5.82 Å². The van der Waals surface area contributed by atoms with Crippen LogP contribution in [0.5, 0.6) is 0 Å². The van der Waals surface area contributed by atoms with Gasteiger partial charge in [-0.25, -0.2) is 9.97 Å². The molecular weight excluding hydrogens is 448 g/mol. The molecule has 3 aromatic rings. The number of hydrogen-bond acceptors (Lipinski definition) is 4. The second kappa shape index (κ2) is 10.2. The number of carbonyl (C=O) groups excluding carboxylic acids is 2. The fourth-order valence-corrected chi connectivity index (χ4v) is 5.40. The minimum atomic E-state index is 0.0192. The molecule has 0 bridgehead atoms. The van der Waals surface area contributed by atoms with Crippen LogP contribution in [0.1, 0.15) is 78.9 Å². The number of benzene rings is 2. The summed E-state index contributed by atoms with van der Waals surface area (Å²) in [6.45, 7) is 4.73. The standard InChI is InChI=1S/C30H34N4O2/c1-20(2)25-11-7-8-12-26(25)28-31-18-23-17-27(35)34(29(23)32-28)19-21-13-15-22(16-14-21)30(36)33(3)24-9-5-4-6-10-24/h7-8,11-16,18,20,24H,4-6,9-10,17,19H2,1-3H3. The van der Waals surface area contributed by atoms with E-state index in [1.807, 2.05) is 54.4 Å². The largest absolute Gasteiger partial charge is 0.339 e. The average molecular weight is 483 g/mol. The van der Waals surface area contributed by atoms with Crippen molar-refractivity contribution in [2.75, 3.05) is 11.9 Å². The Morgan fingerprint density at radius 1 is 1.06 bits per heavy atom. The monoisotopic (exact) mass is 482 g/mol. The second-order valence-corrected chi connectivity index (χ2v) is 10.3. The van der Waals surface area contributed by atoms with Crippen LogP contribution in [0, 0.1) is 0 Å². The predicted octanol–water partition coefficient (Wildman–Crippen LogP) is 5.76. The third-order valence-corrected chi connectivity index (χ3v) is 7.55. The summed E-state index contributed by atoms with van der Waals surface area (Å²) in [6, 6.07) is 16.2. The van der Waals surface area contributed by atoms with E-state index in [-0.39, 0.29) is 11.8 Å². The first-order valence-electron chi connectivity index (χ1n) is 13.0. The highest BCUT2D eigenvalue weighted by molar-refractivity contribution is 6.00. The number of rotatable bonds is 6. The van der Waals surface area contributed by atoms with Crippen molar-refractivity contribution in [1.29, 1.82) is 0 Å². The van der Waals surface area contributed by atoms with Gasteiger partial charge in [0, 0.05) is 36.0 Å². The molecule has 6 heteroatoms. The lowest BCUT2D eigenvalue weighted by molar-refractivity contribution is -0.117. The Morgan fingerprint density at radius 2 is 1.78 bits per heavy atom. The van der Waals surface area contributed by atoms with Crippen molar-refractivity contribution in [2.24, 2.45) is 0 Å². The van der Waals surface area contributed by atoms with E-state index in [2.05, 4.69) is 24.9 Å². The van der Waals surface area contributed by atoms with E-state index in [9.17, 15) is 9.59 Å². The van der Waals surface area contributed by atoms with E-state index < -0.39 is 0 Å². The summed E-state index contributed by atoms with van der Waals surface area (Å²) in [6.07, 6.45) is 7.92. The molecule has 6 nitrogen and oxygen atoms in total. The summed E-state index contributed by atoms with van der Waals surface area (Å²) in [5.41, 5.74) is 4.70. The summed E-state index contributed by atoms with van der Waals surface area (Å²) < 4.78 is 0. The van der Waals surface area contributed by atoms with Crippen molar-refractivity contribution in [3.05, 3.63) is 77.0 Å². The number of carbonyl (C=O) groups is 2. The van der Waals surface area contributed by atoms with Crippen molar-refractivity contribution >= 4 is 17.6 Å². The first-order valence-corrected chi connectivity index (χ1v) is 13.0. The summed E-state index contributed by atoms with van der Waals surface area (Å²) in [7, 11) is 1.92. The number of nitrogens with zero attached hydrogens (tertiary/aromatic N) is 4. The van der Waals surface area contributed by atoms with E-state index in [1.165, 1.54) is 24.8 Å². The van der Waals surface area contributed by atoms with Gasteiger partial charge in [-0.2, -0.15) is 0 Å². The van der Waals surface area contributed by atoms with Gasteiger partial charge in [0.15, 0.2) is 5.82 Å². The fraction of sp³-hybridized carbons (Fsp3) is 0.400. The molecule has 186 valence electrons. The van der Waals surface area contributed by atoms with E-state index in [4.69, 9.17) is 4.98 Å². The Hall–Kier alpha value is -3.54. The molecule has 36 heavy (non-hydrogen) atoms. The molecule has 1 aromatic heterocycles. The van der Waals surface area contributed by atoms with Crippen LogP contribution in [0.4, 0.5) is 5.82 Å². The molecule has 0 atom stereocenters. The van der Waals surface area contributed by atoms with Gasteiger partial charge in [0.05, 0.1) is 13.0 Å². The second-order valence-electron chi connectivity index (χ2n) is 10.3. The molecule has 1 aliphatic heterocycles. The Balaban J connectivity index is 1.35. The Morgan fingerprint density at radius 3 is 2.50 bits per heavy atom. The Bertz CT molecular complexity index is 1260. The number of hydrogen-bond donors (Lipinski definition) is 0. The van der Waals surface area contributed by atoms with Crippen molar-refractivity contribution < 1.29 is 9.59 Å². The van der Waals surface area contributed by atoms with Gasteiger partial charge in [-0.15, -0.1) is 0 Å². The van der Waals surface area contributed by atoms with E-state index >= 15 is 0 Å². The van der Waals surface area contributed by atoms with Gasteiger partial charge < -0.3 is 4.90 Å². The molecule has 0 radical (unpaired) electrons. The molecule has 0 unspecified atom stereocenters. The smallest absolute Gasteiger partial charge is 0.253 e. The molecule has 0 N–H and O–H groups in total. The summed E-state index contributed by atoms with van der Waals surface area (Å²) in [4.78, 5) is 39.0. The highest BCUT2D eigenvalue weighted by atomic mass is 16.2. The van der Waals surface area contributed by atoms with Crippen molar-refractivity contribution in [3.8, 4) is 11.4 Å². The van der Waals surface area contributed by atoms with Crippen LogP contribution in [-0.4, -0.2) is 39.8 Å². The summed E-state index contributed by atoms with van der Waals surface area (Å²) in [5.74, 6) is 1.75. The average Bonchev–Trinajstić information content (AvgIpc) is 3.22. The summed E-state index contributed by atoms with van der Waals surface area (Å²) >= 11 is 0. The van der Waals surface area contributed by atoms with Crippen LogP contribution in [-0.2, 0) is 17.8 Å². The zero-order valence-corrected chi connectivity index (χ0v) is 21.4. The fourth-order valence-electron chi connectivity index (χ4n) is 5.40. The SMILES string of the molecule is CC(C)c1ccccc1-c1ncc2c(n1)N(Cc1ccc(C(=O)N(C)C3CCCCC3)cc1)C(=O)C2. The number of aromatic nitrogens is 2. The number of fused-ring (bicyclic) bond motifs is 1. The molecule has 2 amide bonds. The van der Waals surface area contributed by atoms with E-state index in [1.54, 1.807) is 11.1 Å². The number of anilines is 1. The molecule has 2 heterocycles. The van der Waals surface area contributed by atoms with Crippen molar-refractivity contribution in [1.82, 2.24) is 14.9 Å². The lowest BCUT2D eigenvalue weighted by Gasteiger charge is -2.31. The topological polar surface area (TPSA) is 66.4 Å². The predicted molar refractivity (Wildman–Crippen MR) is 142 cm³/mol. The van der Waals surface area contributed by atoms with Gasteiger partial charge in [0.2, 0.25) is 5.91 Å². The first-order chi connectivity index (χ1) is 17.4. The highest BCUT2D eigenvalue weighted by Gasteiger charge is 2.30. The van der Waals surface area contributed by atoms with Crippen LogP contribution in [0.2, 0.25) is 0 Å². The number of amides is 2. The van der Waals surface area contributed by atoms with Crippen LogP contribution < -0.4 is 4.90 Å². The summed E-state index contributed by atoms with van der Waals surface area (Å²) in [5, 5.41) is 0. The molecule has 1 aliphatic carbocycles. The molecule has 2 aromatic carbocycles. The van der Waals surface area contributed by atoms with Gasteiger partial charge >= 0.3 is 0 Å². The lowest BCUT2D eigenvalue weighted by Crippen LogP contribution is -2.38. The maximum atomic E-state index is 13.0. The molecule has 0 saturated heterocycles. The Kier molecular flexibility index (Phi) is 6.86. The first kappa shape index (κ1) is 24.2. The highest BCUT2D eigenvalue weighted by Crippen LogP contribution is 2.33. The zero-order valence-electron chi connectivity index (χ0n) is 21.4. The van der Waals surface area contributed by atoms with E-state index in [0.717, 1.165) is 29.5 Å². The molecular formula is C30H34N4O2. The third-order valence-electron chi connectivity index (χ3n) is 7.55. The Labute approximate surface area is 213 Å². The molecule has 1 saturated carbocycles. The van der Waals surface area contributed by atoms with Gasteiger partial charge in [-0.05, 0) is 42.0 Å². The van der Waals surface area contributed by atoms with Crippen LogP contribution >= 0.6 is 0 Å². The third kappa shape index (κ3) is 4.77. The van der Waals surface area contributed by atoms with E-state index in [0.29, 0.717) is 42.1 Å². The molecule has 1 fully saturated rings. The van der Waals surface area contributed by atoms with Gasteiger partial charge in [0.25, 0.3) is 5.91 Å². The minimum absolute atomic E-state index is 0.0192. The zero-order chi connectivity index (χ0) is 25.2. The minimum Gasteiger partial charge on any atom is -0.339 e. The van der Waals surface area contributed by atoms with Crippen molar-refractivity contribution in [2.45, 2.75) is 70.9 Å². The normalized spacial score (nSPS) is 15.9. The van der Waals surface area contributed by atoms with Gasteiger partial charge in [-0.3, -0.25) is 14.5 Å². The van der Waals surface area contributed by atoms with Crippen LogP contribution in [0.15, 0.2) is 54.7 Å². The maximum Gasteiger partial charge on any atom is 0.253 e. The lowest BCUT2D eigenvalue weighted by atomic mass is 9.94. The van der Waals surface area contributed by atoms with Gasteiger partial charge in [-0.1, -0.05) is 69.5 Å². The molecule has 5 rings (SSSR count). The maximum absolute atomic E-state index is 13.0. The molecule has 0 spiro atoms. The van der Waals surface area contributed by atoms with Crippen molar-refractivity contribution in [3.63, 3.8) is 0 Å².